The summed E-state index contributed by atoms with van der Waals surface area (Å²) in [6, 6.07) is 15.9. The quantitative estimate of drug-likeness (QED) is 0.141. The van der Waals surface area contributed by atoms with Crippen LogP contribution in [0.5, 0.6) is 0 Å². The van der Waals surface area contributed by atoms with E-state index in [1.165, 1.54) is 12.1 Å². The summed E-state index contributed by atoms with van der Waals surface area (Å²) in [5.74, 6) is -2.20. The third-order valence-electron chi connectivity index (χ3n) is 8.12. The highest BCUT2D eigenvalue weighted by atomic mass is 16.6. The van der Waals surface area contributed by atoms with Crippen LogP contribution in [0.15, 0.2) is 75.9 Å². The maximum Gasteiger partial charge on any atom is 0.358 e. The van der Waals surface area contributed by atoms with Crippen molar-refractivity contribution in [3.63, 3.8) is 0 Å². The largest absolute Gasteiger partial charge is 0.476 e. The Balaban J connectivity index is 0.000000563. The molecule has 1 aliphatic heterocycles. The first-order valence-corrected chi connectivity index (χ1v) is 16.6. The molecule has 1 saturated heterocycles. The van der Waals surface area contributed by atoms with E-state index in [1.54, 1.807) is 45.2 Å². The summed E-state index contributed by atoms with van der Waals surface area (Å²) in [5.41, 5.74) is 0.591. The SMILES string of the molecule is Cc1cc(C(=O)N[C@@H](Cc2ccccn2)C(=O)C[C@@H](Cc2ccccc2)C(=O)N[C@@H](CC(C)C)C(=O)[C@@]2(C)CO2)no1.Cc1cc(C(=O)O)no1. The second kappa shape index (κ2) is 17.4. The van der Waals surface area contributed by atoms with E-state index in [2.05, 4.69) is 30.5 Å². The maximum absolute atomic E-state index is 13.8. The molecule has 270 valence electrons. The van der Waals surface area contributed by atoms with Crippen molar-refractivity contribution < 1.29 is 42.9 Å². The van der Waals surface area contributed by atoms with E-state index < -0.39 is 41.4 Å². The van der Waals surface area contributed by atoms with E-state index in [0.717, 1.165) is 5.56 Å². The molecule has 5 rings (SSSR count). The average Bonchev–Trinajstić information content (AvgIpc) is 3.44. The van der Waals surface area contributed by atoms with Crippen LogP contribution < -0.4 is 10.6 Å². The molecule has 51 heavy (non-hydrogen) atoms. The summed E-state index contributed by atoms with van der Waals surface area (Å²) in [7, 11) is 0. The molecule has 1 aliphatic rings. The number of rotatable bonds is 16. The lowest BCUT2D eigenvalue weighted by atomic mass is 9.88. The van der Waals surface area contributed by atoms with Gasteiger partial charge >= 0.3 is 5.97 Å². The monoisotopic (exact) mass is 701 g/mol. The third kappa shape index (κ3) is 11.5. The van der Waals surface area contributed by atoms with E-state index in [4.69, 9.17) is 14.4 Å². The summed E-state index contributed by atoms with van der Waals surface area (Å²) in [4.78, 5) is 68.2. The Morgan fingerprint density at radius 2 is 1.49 bits per heavy atom. The van der Waals surface area contributed by atoms with Gasteiger partial charge < -0.3 is 29.5 Å². The number of benzene rings is 1. The fourth-order valence-electron chi connectivity index (χ4n) is 5.30. The van der Waals surface area contributed by atoms with Crippen LogP contribution in [0.25, 0.3) is 0 Å². The third-order valence-corrected chi connectivity index (χ3v) is 8.12. The van der Waals surface area contributed by atoms with E-state index in [9.17, 15) is 24.0 Å². The number of epoxide rings is 1. The molecule has 0 spiro atoms. The lowest BCUT2D eigenvalue weighted by Crippen LogP contribution is -2.50. The summed E-state index contributed by atoms with van der Waals surface area (Å²) >= 11 is 0. The molecular weight excluding hydrogens is 658 g/mol. The Labute approximate surface area is 295 Å². The zero-order valence-corrected chi connectivity index (χ0v) is 29.3. The van der Waals surface area contributed by atoms with Crippen LogP contribution in [0.1, 0.15) is 77.4 Å². The molecule has 2 amide bonds. The van der Waals surface area contributed by atoms with Gasteiger partial charge in [0.1, 0.15) is 17.1 Å². The summed E-state index contributed by atoms with van der Waals surface area (Å²) < 4.78 is 14.9. The van der Waals surface area contributed by atoms with Crippen molar-refractivity contribution in [2.75, 3.05) is 6.61 Å². The van der Waals surface area contributed by atoms with E-state index in [-0.39, 0.29) is 48.1 Å². The standard InChI is InChI=1S/C32H38N4O6.C5H5NO3/c1-20(2)14-26(29(38)32(4)19-41-32)35-30(39)23(16-22-10-6-5-7-11-22)17-28(37)25(18-24-12-8-9-13-33-24)34-31(40)27-15-21(3)42-36-27;1-3-2-4(5(7)8)6-9-3/h5-13,15,20,23,25-26H,14,16-19H2,1-4H3,(H,34,40)(H,35,39);2H,1H3,(H,7,8)/t23-,25+,26+,32-;/m1./s1. The zero-order valence-electron chi connectivity index (χ0n) is 29.3. The van der Waals surface area contributed by atoms with Crippen LogP contribution in [0.2, 0.25) is 0 Å². The molecule has 1 fully saturated rings. The predicted octanol–water partition coefficient (Wildman–Crippen LogP) is 4.11. The Bertz CT molecular complexity index is 1800. The summed E-state index contributed by atoms with van der Waals surface area (Å²) in [6.07, 6.45) is 2.31. The van der Waals surface area contributed by atoms with Gasteiger partial charge in [-0.25, -0.2) is 4.79 Å². The number of ether oxygens (including phenoxy) is 1. The number of pyridine rings is 1. The highest BCUT2D eigenvalue weighted by Crippen LogP contribution is 2.30. The molecule has 14 nitrogen and oxygen atoms in total. The number of amides is 2. The van der Waals surface area contributed by atoms with Crippen LogP contribution in [0, 0.1) is 25.7 Å². The van der Waals surface area contributed by atoms with Crippen molar-refractivity contribution >= 4 is 29.4 Å². The second-order valence-electron chi connectivity index (χ2n) is 13.1. The minimum absolute atomic E-state index is 0.0486. The number of aromatic carboxylic acids is 1. The first-order valence-electron chi connectivity index (χ1n) is 16.6. The molecule has 0 aliphatic carbocycles. The van der Waals surface area contributed by atoms with Crippen molar-refractivity contribution in [1.29, 1.82) is 0 Å². The summed E-state index contributed by atoms with van der Waals surface area (Å²) in [6.45, 7) is 9.31. The number of aryl methyl sites for hydroxylation is 2. The van der Waals surface area contributed by atoms with Gasteiger partial charge in [0.15, 0.2) is 23.0 Å². The number of ketones is 2. The van der Waals surface area contributed by atoms with Gasteiger partial charge in [-0.15, -0.1) is 0 Å². The normalized spacial score (nSPS) is 16.6. The van der Waals surface area contributed by atoms with Gasteiger partial charge in [-0.2, -0.15) is 0 Å². The van der Waals surface area contributed by atoms with Gasteiger partial charge in [0.05, 0.1) is 18.7 Å². The molecule has 4 atom stereocenters. The van der Waals surface area contributed by atoms with Gasteiger partial charge in [-0.05, 0) is 57.2 Å². The number of carbonyl (C=O) groups is 5. The number of carboxylic acids is 1. The fourth-order valence-corrected chi connectivity index (χ4v) is 5.30. The number of carbonyl (C=O) groups excluding carboxylic acids is 4. The van der Waals surface area contributed by atoms with E-state index in [0.29, 0.717) is 30.2 Å². The van der Waals surface area contributed by atoms with Crippen molar-refractivity contribution in [1.82, 2.24) is 25.9 Å². The first kappa shape index (κ1) is 38.3. The Kier molecular flexibility index (Phi) is 13.1. The lowest BCUT2D eigenvalue weighted by Gasteiger charge is -2.25. The molecule has 3 aromatic heterocycles. The number of nitrogens with zero attached hydrogens (tertiary/aromatic N) is 3. The summed E-state index contributed by atoms with van der Waals surface area (Å²) in [5, 5.41) is 21.0. The number of Topliss-reactive ketones (excluding diaryl/α,β-unsaturated/α-hetero) is 2. The van der Waals surface area contributed by atoms with Crippen molar-refractivity contribution in [3.8, 4) is 0 Å². The molecule has 0 radical (unpaired) electrons. The van der Waals surface area contributed by atoms with Crippen molar-refractivity contribution in [2.24, 2.45) is 11.8 Å². The Morgan fingerprint density at radius 1 is 0.863 bits per heavy atom. The molecule has 0 saturated carbocycles. The number of aromatic nitrogens is 3. The van der Waals surface area contributed by atoms with E-state index in [1.807, 2.05) is 44.2 Å². The molecule has 3 N–H and O–H groups in total. The smallest absolute Gasteiger partial charge is 0.358 e. The molecule has 4 heterocycles. The van der Waals surface area contributed by atoms with Crippen molar-refractivity contribution in [3.05, 3.63) is 101 Å². The molecular formula is C37H43N5O9. The van der Waals surface area contributed by atoms with Gasteiger partial charge in [-0.3, -0.25) is 24.2 Å². The van der Waals surface area contributed by atoms with Gasteiger partial charge in [0.2, 0.25) is 5.91 Å². The van der Waals surface area contributed by atoms with Gasteiger partial charge in [-0.1, -0.05) is 60.6 Å². The first-order chi connectivity index (χ1) is 24.2. The topological polar surface area (TPSA) is 207 Å². The molecule has 0 bridgehead atoms. The maximum atomic E-state index is 13.8. The number of hydrogen-bond acceptors (Lipinski definition) is 11. The predicted molar refractivity (Wildman–Crippen MR) is 183 cm³/mol. The van der Waals surface area contributed by atoms with Crippen LogP contribution >= 0.6 is 0 Å². The van der Waals surface area contributed by atoms with Crippen LogP contribution in [-0.4, -0.2) is 74.0 Å². The minimum atomic E-state index is -1.06. The zero-order chi connectivity index (χ0) is 37.1. The Hall–Kier alpha value is -5.50. The van der Waals surface area contributed by atoms with Crippen LogP contribution in [0.3, 0.4) is 0 Å². The highest BCUT2D eigenvalue weighted by Gasteiger charge is 2.50. The fraction of sp³-hybridized carbons (Fsp3) is 0.405. The van der Waals surface area contributed by atoms with Crippen molar-refractivity contribution in [2.45, 2.75) is 78.0 Å². The number of nitrogens with one attached hydrogen (secondary N) is 2. The lowest BCUT2D eigenvalue weighted by molar-refractivity contribution is -0.134. The molecule has 4 aromatic rings. The Morgan fingerprint density at radius 3 is 2.00 bits per heavy atom. The van der Waals surface area contributed by atoms with E-state index >= 15 is 0 Å². The molecule has 14 heteroatoms. The van der Waals surface area contributed by atoms with Gasteiger partial charge in [0, 0.05) is 42.8 Å². The van der Waals surface area contributed by atoms with Crippen LogP contribution in [-0.2, 0) is 32.0 Å². The second-order valence-corrected chi connectivity index (χ2v) is 13.1. The van der Waals surface area contributed by atoms with Gasteiger partial charge in [0.25, 0.3) is 5.91 Å². The minimum Gasteiger partial charge on any atom is -0.476 e. The average molecular weight is 702 g/mol. The number of hydrogen-bond donors (Lipinski definition) is 3. The molecule has 0 unspecified atom stereocenters. The number of carboxylic acid groups (broad SMARTS) is 1. The highest BCUT2D eigenvalue weighted by molar-refractivity contribution is 5.99. The molecule has 1 aromatic carbocycles. The van der Waals surface area contributed by atoms with Crippen LogP contribution in [0.4, 0.5) is 0 Å².